The van der Waals surface area contributed by atoms with Gasteiger partial charge in [0.2, 0.25) is 0 Å². The van der Waals surface area contributed by atoms with Crippen molar-refractivity contribution >= 4 is 11.4 Å². The van der Waals surface area contributed by atoms with Gasteiger partial charge < -0.3 is 15.9 Å². The Morgan fingerprint density at radius 2 is 2.07 bits per heavy atom. The minimum atomic E-state index is -0.319. The first-order chi connectivity index (χ1) is 7.25. The third-order valence-electron chi connectivity index (χ3n) is 2.30. The second kappa shape index (κ2) is 4.46. The molecule has 0 spiro atoms. The lowest BCUT2D eigenvalue weighted by molar-refractivity contribution is 0.0497. The van der Waals surface area contributed by atoms with E-state index in [9.17, 15) is 4.39 Å². The fraction of sp³-hybridized carbons (Fsp3) is 0.400. The summed E-state index contributed by atoms with van der Waals surface area (Å²) in [6.45, 7) is 3.01. The van der Waals surface area contributed by atoms with E-state index < -0.39 is 0 Å². The summed E-state index contributed by atoms with van der Waals surface area (Å²) in [6.07, 6.45) is 0. The summed E-state index contributed by atoms with van der Waals surface area (Å²) in [6, 6.07) is 4.34. The van der Waals surface area contributed by atoms with Crippen LogP contribution in [-0.4, -0.2) is 31.3 Å². The van der Waals surface area contributed by atoms with Crippen LogP contribution >= 0.6 is 0 Å². The van der Waals surface area contributed by atoms with Crippen molar-refractivity contribution in [3.8, 4) is 0 Å². The van der Waals surface area contributed by atoms with E-state index in [-0.39, 0.29) is 5.82 Å². The van der Waals surface area contributed by atoms with Gasteiger partial charge in [0, 0.05) is 13.1 Å². The molecular weight excluding hydrogens is 197 g/mol. The van der Waals surface area contributed by atoms with Gasteiger partial charge in [0.15, 0.2) is 0 Å². The Morgan fingerprint density at radius 3 is 2.73 bits per heavy atom. The van der Waals surface area contributed by atoms with Gasteiger partial charge in [0.1, 0.15) is 5.82 Å². The fourth-order valence-corrected chi connectivity index (χ4v) is 1.48. The highest BCUT2D eigenvalue weighted by Gasteiger charge is 2.11. The lowest BCUT2D eigenvalue weighted by Crippen LogP contribution is -2.40. The first-order valence-corrected chi connectivity index (χ1v) is 4.90. The average Bonchev–Trinajstić information content (AvgIpc) is 2.24. The molecule has 0 saturated carbocycles. The number of nitrogens with two attached hydrogens (primary N) is 1. The van der Waals surface area contributed by atoms with Crippen molar-refractivity contribution in [2.24, 2.45) is 0 Å². The van der Waals surface area contributed by atoms with Crippen molar-refractivity contribution in [2.75, 3.05) is 37.5 Å². The van der Waals surface area contributed by atoms with Gasteiger partial charge in [-0.25, -0.2) is 9.40 Å². The number of hydrogen-bond acceptors (Lipinski definition) is 4. The van der Waals surface area contributed by atoms with E-state index in [1.165, 1.54) is 12.1 Å². The molecule has 0 amide bonds. The third kappa shape index (κ3) is 2.57. The topological polar surface area (TPSA) is 50.5 Å². The van der Waals surface area contributed by atoms with E-state index in [1.54, 1.807) is 6.07 Å². The molecule has 0 aliphatic carbocycles. The Bertz CT molecular complexity index is 339. The standard InChI is InChI=1S/C10H14FN3O/c11-8-1-2-10(9(12)7-8)13-14-3-5-15-6-4-14/h1-2,7,13H,3-6,12H2. The molecule has 0 unspecified atom stereocenters. The maximum absolute atomic E-state index is 12.8. The Morgan fingerprint density at radius 1 is 1.33 bits per heavy atom. The van der Waals surface area contributed by atoms with E-state index in [2.05, 4.69) is 5.43 Å². The first kappa shape index (κ1) is 10.2. The van der Waals surface area contributed by atoms with E-state index >= 15 is 0 Å². The van der Waals surface area contributed by atoms with Crippen molar-refractivity contribution in [1.82, 2.24) is 5.01 Å². The summed E-state index contributed by atoms with van der Waals surface area (Å²) in [5.74, 6) is -0.319. The number of benzene rings is 1. The Balaban J connectivity index is 2.03. The van der Waals surface area contributed by atoms with Crippen molar-refractivity contribution in [2.45, 2.75) is 0 Å². The second-order valence-corrected chi connectivity index (χ2v) is 3.44. The maximum Gasteiger partial charge on any atom is 0.125 e. The highest BCUT2D eigenvalue weighted by molar-refractivity contribution is 5.65. The second-order valence-electron chi connectivity index (χ2n) is 3.44. The smallest absolute Gasteiger partial charge is 0.125 e. The number of nitrogen functional groups attached to an aromatic ring is 1. The molecule has 1 saturated heterocycles. The van der Waals surface area contributed by atoms with Crippen LogP contribution in [0.5, 0.6) is 0 Å². The third-order valence-corrected chi connectivity index (χ3v) is 2.30. The summed E-state index contributed by atoms with van der Waals surface area (Å²) < 4.78 is 18.0. The number of nitrogens with zero attached hydrogens (tertiary/aromatic N) is 1. The average molecular weight is 211 g/mol. The summed E-state index contributed by atoms with van der Waals surface area (Å²) in [4.78, 5) is 0. The van der Waals surface area contributed by atoms with Gasteiger partial charge in [-0.1, -0.05) is 0 Å². The minimum Gasteiger partial charge on any atom is -0.397 e. The molecule has 5 heteroatoms. The number of hydrogen-bond donors (Lipinski definition) is 2. The van der Waals surface area contributed by atoms with Crippen LogP contribution in [0.4, 0.5) is 15.8 Å². The van der Waals surface area contributed by atoms with Crippen molar-refractivity contribution in [1.29, 1.82) is 0 Å². The monoisotopic (exact) mass is 211 g/mol. The molecular formula is C10H14FN3O. The lowest BCUT2D eigenvalue weighted by Gasteiger charge is -2.28. The number of nitrogens with one attached hydrogen (secondary N) is 1. The van der Waals surface area contributed by atoms with Crippen LogP contribution in [0.1, 0.15) is 0 Å². The molecule has 4 nitrogen and oxygen atoms in total. The normalized spacial score (nSPS) is 17.7. The number of anilines is 2. The number of ether oxygens (including phenoxy) is 1. The summed E-state index contributed by atoms with van der Waals surface area (Å²) >= 11 is 0. The van der Waals surface area contributed by atoms with Gasteiger partial charge >= 0.3 is 0 Å². The van der Waals surface area contributed by atoms with Gasteiger partial charge in [-0.15, -0.1) is 0 Å². The molecule has 0 aromatic heterocycles. The summed E-state index contributed by atoms with van der Waals surface area (Å²) in [5, 5.41) is 2.01. The number of hydrazine groups is 1. The first-order valence-electron chi connectivity index (χ1n) is 4.90. The van der Waals surface area contributed by atoms with Gasteiger partial charge in [-0.3, -0.25) is 0 Å². The van der Waals surface area contributed by atoms with E-state index in [0.29, 0.717) is 18.9 Å². The SMILES string of the molecule is Nc1cc(F)ccc1NN1CCOCC1. The molecule has 0 atom stereocenters. The zero-order valence-electron chi connectivity index (χ0n) is 8.37. The molecule has 0 bridgehead atoms. The zero-order valence-corrected chi connectivity index (χ0v) is 8.37. The molecule has 15 heavy (non-hydrogen) atoms. The molecule has 1 aromatic carbocycles. The molecule has 3 N–H and O–H groups in total. The van der Waals surface area contributed by atoms with Crippen LogP contribution in [0, 0.1) is 5.82 Å². The predicted molar refractivity (Wildman–Crippen MR) is 56.8 cm³/mol. The molecule has 1 aliphatic heterocycles. The van der Waals surface area contributed by atoms with Crippen LogP contribution < -0.4 is 11.2 Å². The fourth-order valence-electron chi connectivity index (χ4n) is 1.48. The molecule has 0 radical (unpaired) electrons. The quantitative estimate of drug-likeness (QED) is 0.718. The predicted octanol–water partition coefficient (Wildman–Crippen LogP) is 1.07. The van der Waals surface area contributed by atoms with Crippen LogP contribution in [0.3, 0.4) is 0 Å². The highest BCUT2D eigenvalue weighted by Crippen LogP contribution is 2.19. The number of halogens is 1. The van der Waals surface area contributed by atoms with Gasteiger partial charge in [-0.05, 0) is 18.2 Å². The highest BCUT2D eigenvalue weighted by atomic mass is 19.1. The molecule has 82 valence electrons. The summed E-state index contributed by atoms with van der Waals surface area (Å²) in [5.41, 5.74) is 9.97. The van der Waals surface area contributed by atoms with Crippen LogP contribution in [-0.2, 0) is 4.74 Å². The Kier molecular flexibility index (Phi) is 3.03. The molecule has 2 rings (SSSR count). The maximum atomic E-state index is 12.8. The van der Waals surface area contributed by atoms with Gasteiger partial charge in [-0.2, -0.15) is 0 Å². The number of morpholine rings is 1. The van der Waals surface area contributed by atoms with E-state index in [1.807, 2.05) is 5.01 Å². The van der Waals surface area contributed by atoms with Crippen LogP contribution in [0.25, 0.3) is 0 Å². The molecule has 1 aliphatic rings. The molecule has 1 fully saturated rings. The summed E-state index contributed by atoms with van der Waals surface area (Å²) in [7, 11) is 0. The number of rotatable bonds is 2. The van der Waals surface area contributed by atoms with E-state index in [0.717, 1.165) is 18.8 Å². The van der Waals surface area contributed by atoms with Crippen molar-refractivity contribution in [3.63, 3.8) is 0 Å². The van der Waals surface area contributed by atoms with Gasteiger partial charge in [0.05, 0.1) is 24.6 Å². The van der Waals surface area contributed by atoms with Crippen LogP contribution in [0.15, 0.2) is 18.2 Å². The van der Waals surface area contributed by atoms with E-state index in [4.69, 9.17) is 10.5 Å². The largest absolute Gasteiger partial charge is 0.397 e. The van der Waals surface area contributed by atoms with Gasteiger partial charge in [0.25, 0.3) is 0 Å². The minimum absolute atomic E-state index is 0.319. The Labute approximate surface area is 87.8 Å². The Hall–Kier alpha value is -1.33. The zero-order chi connectivity index (χ0) is 10.7. The van der Waals surface area contributed by atoms with Crippen molar-refractivity contribution < 1.29 is 9.13 Å². The molecule has 1 heterocycles. The van der Waals surface area contributed by atoms with Crippen molar-refractivity contribution in [3.05, 3.63) is 24.0 Å². The van der Waals surface area contributed by atoms with Crippen LogP contribution in [0.2, 0.25) is 0 Å². The molecule has 1 aromatic rings. The lowest BCUT2D eigenvalue weighted by atomic mass is 10.2.